The molecular weight excluding hydrogens is 310 g/mol. The van der Waals surface area contributed by atoms with E-state index >= 15 is 0 Å². The molecule has 0 saturated heterocycles. The Kier molecular flexibility index (Phi) is 4.04. The molecule has 1 heterocycles. The van der Waals surface area contributed by atoms with Gasteiger partial charge in [0, 0.05) is 27.1 Å². The molecule has 1 aromatic carbocycles. The summed E-state index contributed by atoms with van der Waals surface area (Å²) in [6, 6.07) is 5.61. The maximum absolute atomic E-state index is 11.7. The van der Waals surface area contributed by atoms with Gasteiger partial charge in [-0.3, -0.25) is 9.59 Å². The molecule has 2 rings (SSSR count). The van der Waals surface area contributed by atoms with E-state index < -0.39 is 0 Å². The number of hydrogen-bond acceptors (Lipinski definition) is 3. The number of carbonyl (C=O) groups is 2. The zero-order chi connectivity index (χ0) is 14.0. The molecular formula is C14H14BrNO3. The smallest absolute Gasteiger partial charge is 0.326 e. The lowest BCUT2D eigenvalue weighted by atomic mass is 10.2. The fourth-order valence-electron chi connectivity index (χ4n) is 1.96. The van der Waals surface area contributed by atoms with Gasteiger partial charge in [-0.15, -0.1) is 0 Å². The minimum atomic E-state index is -0.313. The van der Waals surface area contributed by atoms with Crippen molar-refractivity contribution in [3.63, 3.8) is 0 Å². The molecule has 0 unspecified atom stereocenters. The number of carbonyl (C=O) groups excluding carboxylic acids is 2. The summed E-state index contributed by atoms with van der Waals surface area (Å²) in [6.07, 6.45) is 2.32. The van der Waals surface area contributed by atoms with Crippen LogP contribution in [0, 0.1) is 0 Å². The van der Waals surface area contributed by atoms with Crippen molar-refractivity contribution >= 4 is 39.1 Å². The third kappa shape index (κ3) is 3.04. The standard InChI is InChI=1S/C14H14BrNO3/c1-9(2)19-14(18)7-16-6-10(8-17)12-5-11(15)3-4-13(12)16/h3-6,8-9H,7H2,1-2H3. The highest BCUT2D eigenvalue weighted by molar-refractivity contribution is 9.10. The van der Waals surface area contributed by atoms with Gasteiger partial charge >= 0.3 is 5.97 Å². The van der Waals surface area contributed by atoms with Crippen molar-refractivity contribution in [2.75, 3.05) is 0 Å². The Balaban J connectivity index is 2.38. The first-order valence-corrected chi connectivity index (χ1v) is 6.73. The Bertz CT molecular complexity index is 631. The normalized spacial score (nSPS) is 10.9. The van der Waals surface area contributed by atoms with Crippen molar-refractivity contribution in [1.29, 1.82) is 0 Å². The van der Waals surface area contributed by atoms with Crippen molar-refractivity contribution in [2.24, 2.45) is 0 Å². The molecule has 0 fully saturated rings. The van der Waals surface area contributed by atoms with Gasteiger partial charge in [-0.25, -0.2) is 0 Å². The minimum Gasteiger partial charge on any atom is -0.462 e. The van der Waals surface area contributed by atoms with E-state index in [0.717, 1.165) is 21.7 Å². The third-order valence-electron chi connectivity index (χ3n) is 2.67. The van der Waals surface area contributed by atoms with Crippen LogP contribution < -0.4 is 0 Å². The lowest BCUT2D eigenvalue weighted by molar-refractivity contribution is -0.148. The number of hydrogen-bond donors (Lipinski definition) is 0. The van der Waals surface area contributed by atoms with E-state index in [1.54, 1.807) is 24.6 Å². The average molecular weight is 324 g/mol. The van der Waals surface area contributed by atoms with E-state index in [2.05, 4.69) is 15.9 Å². The maximum atomic E-state index is 11.7. The van der Waals surface area contributed by atoms with Crippen molar-refractivity contribution < 1.29 is 14.3 Å². The Morgan fingerprint density at radius 1 is 1.47 bits per heavy atom. The number of aldehydes is 1. The molecule has 0 N–H and O–H groups in total. The first kappa shape index (κ1) is 13.8. The van der Waals surface area contributed by atoms with Crippen LogP contribution in [0.25, 0.3) is 10.9 Å². The van der Waals surface area contributed by atoms with Crippen molar-refractivity contribution in [3.05, 3.63) is 34.4 Å². The molecule has 0 saturated carbocycles. The molecule has 2 aromatic rings. The first-order chi connectivity index (χ1) is 9.01. The van der Waals surface area contributed by atoms with E-state index in [1.807, 2.05) is 18.2 Å². The third-order valence-corrected chi connectivity index (χ3v) is 3.16. The summed E-state index contributed by atoms with van der Waals surface area (Å²) in [7, 11) is 0. The Morgan fingerprint density at radius 3 is 2.84 bits per heavy atom. The largest absolute Gasteiger partial charge is 0.462 e. The lowest BCUT2D eigenvalue weighted by Gasteiger charge is -2.09. The topological polar surface area (TPSA) is 48.3 Å². The molecule has 0 atom stereocenters. The molecule has 100 valence electrons. The maximum Gasteiger partial charge on any atom is 0.326 e. The molecule has 0 amide bonds. The van der Waals surface area contributed by atoms with Gasteiger partial charge in [0.05, 0.1) is 6.10 Å². The summed E-state index contributed by atoms with van der Waals surface area (Å²) in [4.78, 5) is 22.8. The molecule has 5 heteroatoms. The van der Waals surface area contributed by atoms with Crippen LogP contribution in [0.2, 0.25) is 0 Å². The van der Waals surface area contributed by atoms with Crippen LogP contribution >= 0.6 is 15.9 Å². The van der Waals surface area contributed by atoms with Crippen LogP contribution in [0.15, 0.2) is 28.9 Å². The number of halogens is 1. The van der Waals surface area contributed by atoms with Crippen LogP contribution in [0.4, 0.5) is 0 Å². The first-order valence-electron chi connectivity index (χ1n) is 5.94. The van der Waals surface area contributed by atoms with Crippen LogP contribution in [-0.4, -0.2) is 22.9 Å². The van der Waals surface area contributed by atoms with Gasteiger partial charge < -0.3 is 9.30 Å². The van der Waals surface area contributed by atoms with Crippen LogP contribution in [-0.2, 0) is 16.1 Å². The quantitative estimate of drug-likeness (QED) is 0.641. The van der Waals surface area contributed by atoms with Crippen molar-refractivity contribution in [3.8, 4) is 0 Å². The number of nitrogens with zero attached hydrogens (tertiary/aromatic N) is 1. The summed E-state index contributed by atoms with van der Waals surface area (Å²) in [6.45, 7) is 3.71. The van der Waals surface area contributed by atoms with Crippen LogP contribution in [0.1, 0.15) is 24.2 Å². The molecule has 0 aliphatic rings. The van der Waals surface area contributed by atoms with Crippen LogP contribution in [0.5, 0.6) is 0 Å². The van der Waals surface area contributed by atoms with E-state index in [1.165, 1.54) is 0 Å². The highest BCUT2D eigenvalue weighted by atomic mass is 79.9. The number of aromatic nitrogens is 1. The predicted octanol–water partition coefficient (Wildman–Crippen LogP) is 3.17. The van der Waals surface area contributed by atoms with E-state index in [4.69, 9.17) is 4.74 Å². The zero-order valence-corrected chi connectivity index (χ0v) is 12.3. The monoisotopic (exact) mass is 323 g/mol. The van der Waals surface area contributed by atoms with E-state index in [9.17, 15) is 9.59 Å². The number of esters is 1. The van der Waals surface area contributed by atoms with Gasteiger partial charge in [0.1, 0.15) is 6.54 Å². The Hall–Kier alpha value is -1.62. The second-order valence-electron chi connectivity index (χ2n) is 4.53. The molecule has 0 bridgehead atoms. The summed E-state index contributed by atoms with van der Waals surface area (Å²) in [5.41, 5.74) is 1.40. The number of ether oxygens (including phenoxy) is 1. The molecule has 1 aromatic heterocycles. The molecule has 0 aliphatic carbocycles. The SMILES string of the molecule is CC(C)OC(=O)Cn1cc(C=O)c2cc(Br)ccc21. The zero-order valence-electron chi connectivity index (χ0n) is 10.7. The average Bonchev–Trinajstić information content (AvgIpc) is 2.65. The summed E-state index contributed by atoms with van der Waals surface area (Å²) < 4.78 is 7.74. The number of fused-ring (bicyclic) bond motifs is 1. The molecule has 0 radical (unpaired) electrons. The summed E-state index contributed by atoms with van der Waals surface area (Å²) in [5.74, 6) is -0.313. The molecule has 19 heavy (non-hydrogen) atoms. The molecule has 0 spiro atoms. The van der Waals surface area contributed by atoms with Gasteiger partial charge in [-0.1, -0.05) is 15.9 Å². The van der Waals surface area contributed by atoms with Gasteiger partial charge in [-0.2, -0.15) is 0 Å². The fourth-order valence-corrected chi connectivity index (χ4v) is 2.32. The Labute approximate surface area is 119 Å². The second-order valence-corrected chi connectivity index (χ2v) is 5.45. The Morgan fingerprint density at radius 2 is 2.21 bits per heavy atom. The highest BCUT2D eigenvalue weighted by Crippen LogP contribution is 2.24. The minimum absolute atomic E-state index is 0.101. The summed E-state index contributed by atoms with van der Waals surface area (Å²) in [5, 5.41) is 0.821. The van der Waals surface area contributed by atoms with Gasteiger partial charge in [0.15, 0.2) is 6.29 Å². The predicted molar refractivity (Wildman–Crippen MR) is 76.3 cm³/mol. The highest BCUT2D eigenvalue weighted by Gasteiger charge is 2.12. The molecule has 0 aliphatic heterocycles. The van der Waals surface area contributed by atoms with Gasteiger partial charge in [0.2, 0.25) is 0 Å². The number of rotatable bonds is 4. The van der Waals surface area contributed by atoms with Gasteiger partial charge in [-0.05, 0) is 32.0 Å². The summed E-state index contributed by atoms with van der Waals surface area (Å²) >= 11 is 3.37. The van der Waals surface area contributed by atoms with Crippen LogP contribution in [0.3, 0.4) is 0 Å². The van der Waals surface area contributed by atoms with E-state index in [-0.39, 0.29) is 18.6 Å². The second kappa shape index (κ2) is 5.57. The van der Waals surface area contributed by atoms with E-state index in [0.29, 0.717) is 5.56 Å². The fraction of sp³-hybridized carbons (Fsp3) is 0.286. The van der Waals surface area contributed by atoms with Crippen molar-refractivity contribution in [2.45, 2.75) is 26.5 Å². The molecule has 4 nitrogen and oxygen atoms in total. The van der Waals surface area contributed by atoms with Crippen molar-refractivity contribution in [1.82, 2.24) is 4.57 Å². The lowest BCUT2D eigenvalue weighted by Crippen LogP contribution is -2.17. The number of benzene rings is 1. The van der Waals surface area contributed by atoms with Gasteiger partial charge in [0.25, 0.3) is 0 Å².